The molecule has 0 radical (unpaired) electrons. The summed E-state index contributed by atoms with van der Waals surface area (Å²) in [6.07, 6.45) is -5.26. The highest BCUT2D eigenvalue weighted by Gasteiger charge is 2.52. The number of carbonyl (C=O) groups excluding carboxylic acids is 1. The van der Waals surface area contributed by atoms with Crippen LogP contribution < -0.4 is 26.4 Å². The highest BCUT2D eigenvalue weighted by Crippen LogP contribution is 2.30. The summed E-state index contributed by atoms with van der Waals surface area (Å²) in [5.41, 5.74) is -13.1. The number of halogens is 20. The molecule has 0 bridgehead atoms. The number of nitrogens with zero attached hydrogens (tertiary/aromatic N) is 1. The molecule has 0 N–H and O–H groups in total. The van der Waals surface area contributed by atoms with E-state index in [4.69, 9.17) is 0 Å². The summed E-state index contributed by atoms with van der Waals surface area (Å²) in [5, 5.41) is 2.75. The molecule has 0 aliphatic heterocycles. The van der Waals surface area contributed by atoms with Gasteiger partial charge in [-0.2, -0.15) is 4.57 Å². The molecule has 0 amide bonds. The molecule has 0 saturated heterocycles. The van der Waals surface area contributed by atoms with Crippen LogP contribution in [-0.2, 0) is 6.54 Å². The number of Topliss-reactive ketones (excluding diaryl/α,β-unsaturated/α-hetero) is 1. The SMILES string of the molecule is CC(=O)c1scc[n+]1Cc1ccccc1.Fc1c(F)c(F)c([B-](c2c(F)c(F)c(F)c(F)c2F)(c2c(F)c(F)c(F)c(F)c2F)c2c(F)c(F)c(F)c(F)c2F)c(F)c1F. The molecule has 0 aliphatic rings. The number of ketones is 1. The van der Waals surface area contributed by atoms with Crippen LogP contribution >= 0.6 is 11.3 Å². The van der Waals surface area contributed by atoms with E-state index < -0.39 is 144 Å². The molecule has 0 unspecified atom stereocenters. The van der Waals surface area contributed by atoms with Crippen LogP contribution in [0.1, 0.15) is 22.3 Å². The Balaban J connectivity index is 0.000000379. The van der Waals surface area contributed by atoms with E-state index >= 15 is 35.1 Å². The van der Waals surface area contributed by atoms with E-state index in [1.807, 2.05) is 34.3 Å². The molecule has 0 spiro atoms. The van der Waals surface area contributed by atoms with Crippen molar-refractivity contribution in [2.24, 2.45) is 0 Å². The predicted octanol–water partition coefficient (Wildman–Crippen LogP) is 8.13. The van der Waals surface area contributed by atoms with Gasteiger partial charge in [0.25, 0.3) is 0 Å². The third kappa shape index (κ3) is 6.92. The van der Waals surface area contributed by atoms with Crippen LogP contribution in [0.15, 0.2) is 41.9 Å². The van der Waals surface area contributed by atoms with Crippen LogP contribution in [-0.4, -0.2) is 11.9 Å². The Hall–Kier alpha value is -5.94. The zero-order chi connectivity index (χ0) is 45.0. The number of aromatic nitrogens is 1. The monoisotopic (exact) mass is 897 g/mol. The Morgan fingerprint density at radius 2 is 0.683 bits per heavy atom. The molecule has 6 aromatic rings. The molecule has 6 rings (SSSR count). The topological polar surface area (TPSA) is 20.9 Å². The molecule has 2 nitrogen and oxygen atoms in total. The first kappa shape index (κ1) is 45.2. The molecule has 24 heteroatoms. The van der Waals surface area contributed by atoms with E-state index in [0.29, 0.717) is 0 Å². The molecular weight excluding hydrogens is 885 g/mol. The second-order valence-electron chi connectivity index (χ2n) is 12.2. The molecule has 1 heterocycles. The molecule has 60 heavy (non-hydrogen) atoms. The minimum absolute atomic E-state index is 0.126. The van der Waals surface area contributed by atoms with Gasteiger partial charge >= 0.3 is 5.01 Å². The van der Waals surface area contributed by atoms with Crippen molar-refractivity contribution >= 4 is 45.1 Å². The first-order valence-electron chi connectivity index (χ1n) is 15.7. The number of rotatable bonds is 7. The van der Waals surface area contributed by atoms with E-state index in [-0.39, 0.29) is 5.78 Å². The molecule has 316 valence electrons. The third-order valence-electron chi connectivity index (χ3n) is 8.89. The fourth-order valence-electron chi connectivity index (χ4n) is 6.37. The fraction of sp³-hybridized carbons (Fsp3) is 0.0556. The Kier molecular flexibility index (Phi) is 12.5. The molecule has 5 aromatic carbocycles. The van der Waals surface area contributed by atoms with Gasteiger partial charge in [0.1, 0.15) is 52.7 Å². The van der Waals surface area contributed by atoms with Crippen molar-refractivity contribution in [3.05, 3.63) is 169 Å². The van der Waals surface area contributed by atoms with Crippen molar-refractivity contribution in [2.75, 3.05) is 0 Å². The predicted molar refractivity (Wildman–Crippen MR) is 169 cm³/mol. The zero-order valence-corrected chi connectivity index (χ0v) is 29.5. The standard InChI is InChI=1S/C24BF20.C12H12NOS/c26-5-1(6(27)14(35)21(42)13(5)34)25(2-7(28)15(36)22(43)16(37)8(2)29,3-9(30)17(38)23(44)18(39)10(3)31)4-11(32)19(40)24(45)20(41)12(4)33;1-10(14)12-13(7-8-15-12)9-11-5-3-2-4-6-11/h;2-8H,9H2,1H3/q-1;+1. The van der Waals surface area contributed by atoms with Crippen LogP contribution in [0.5, 0.6) is 0 Å². The normalized spacial score (nSPS) is 11.6. The van der Waals surface area contributed by atoms with Gasteiger partial charge in [0, 0.05) is 12.5 Å². The Morgan fingerprint density at radius 3 is 0.933 bits per heavy atom. The smallest absolute Gasteiger partial charge is 0.287 e. The summed E-state index contributed by atoms with van der Waals surface area (Å²) in [7, 11) is 0. The number of thiazole rings is 1. The van der Waals surface area contributed by atoms with Gasteiger partial charge in [0.2, 0.25) is 5.78 Å². The minimum atomic E-state index is -7.22. The lowest BCUT2D eigenvalue weighted by Gasteiger charge is -2.44. The maximum Gasteiger partial charge on any atom is 0.305 e. The van der Waals surface area contributed by atoms with Crippen LogP contribution in [0.25, 0.3) is 0 Å². The van der Waals surface area contributed by atoms with Gasteiger partial charge < -0.3 is 0 Å². The van der Waals surface area contributed by atoms with Gasteiger partial charge in [-0.15, -0.1) is 21.9 Å². The fourth-order valence-corrected chi connectivity index (χ4v) is 7.13. The first-order valence-corrected chi connectivity index (χ1v) is 16.6. The van der Waals surface area contributed by atoms with Crippen LogP contribution in [0, 0.1) is 116 Å². The quantitative estimate of drug-likeness (QED) is 0.0397. The van der Waals surface area contributed by atoms with Crippen LogP contribution in [0.2, 0.25) is 0 Å². The zero-order valence-electron chi connectivity index (χ0n) is 28.6. The van der Waals surface area contributed by atoms with Crippen molar-refractivity contribution in [2.45, 2.75) is 13.5 Å². The van der Waals surface area contributed by atoms with Gasteiger partial charge in [-0.05, 0) is 0 Å². The van der Waals surface area contributed by atoms with Crippen molar-refractivity contribution in [3.63, 3.8) is 0 Å². The van der Waals surface area contributed by atoms with Gasteiger partial charge in [-0.1, -0.05) is 41.7 Å². The summed E-state index contributed by atoms with van der Waals surface area (Å²) in [6, 6.07) is 10.1. The lowest BCUT2D eigenvalue weighted by atomic mass is 9.12. The van der Waals surface area contributed by atoms with Gasteiger partial charge in [0.05, 0.1) is 5.38 Å². The summed E-state index contributed by atoms with van der Waals surface area (Å²) < 4.78 is 296. The molecule has 0 atom stereocenters. The largest absolute Gasteiger partial charge is 0.305 e. The van der Waals surface area contributed by atoms with Gasteiger partial charge in [0.15, 0.2) is 82.5 Å². The third-order valence-corrected chi connectivity index (χ3v) is 9.89. The van der Waals surface area contributed by atoms with Crippen LogP contribution in [0.4, 0.5) is 87.8 Å². The van der Waals surface area contributed by atoms with Crippen molar-refractivity contribution < 1.29 is 97.2 Å². The average molecular weight is 897 g/mol. The van der Waals surface area contributed by atoms with Gasteiger partial charge in [-0.25, -0.2) is 87.8 Å². The van der Waals surface area contributed by atoms with E-state index in [0.717, 1.165) is 11.6 Å². The minimum Gasteiger partial charge on any atom is -0.287 e. The van der Waals surface area contributed by atoms with Gasteiger partial charge in [-0.3, -0.25) is 4.79 Å². The van der Waals surface area contributed by atoms with Crippen LogP contribution in [0.3, 0.4) is 0 Å². The second kappa shape index (κ2) is 16.6. The lowest BCUT2D eigenvalue weighted by Crippen LogP contribution is -2.81. The lowest BCUT2D eigenvalue weighted by molar-refractivity contribution is -0.685. The summed E-state index contributed by atoms with van der Waals surface area (Å²) >= 11 is 1.49. The second-order valence-corrected chi connectivity index (χ2v) is 13.1. The summed E-state index contributed by atoms with van der Waals surface area (Å²) in [5.74, 6) is -71.3. The number of benzene rings is 5. The average Bonchev–Trinajstić information content (AvgIpc) is 3.69. The van der Waals surface area contributed by atoms with E-state index in [1.165, 1.54) is 16.9 Å². The summed E-state index contributed by atoms with van der Waals surface area (Å²) in [4.78, 5) is 11.3. The number of carbonyl (C=O) groups is 1. The number of hydrogen-bond donors (Lipinski definition) is 0. The maximum absolute atomic E-state index is 15.4. The van der Waals surface area contributed by atoms with Crippen molar-refractivity contribution in [3.8, 4) is 0 Å². The van der Waals surface area contributed by atoms with E-state index in [1.54, 1.807) is 6.92 Å². The Morgan fingerprint density at radius 1 is 0.433 bits per heavy atom. The molecule has 0 aliphatic carbocycles. The van der Waals surface area contributed by atoms with E-state index in [2.05, 4.69) is 12.1 Å². The summed E-state index contributed by atoms with van der Waals surface area (Å²) in [6.45, 7) is 2.37. The first-order chi connectivity index (χ1) is 28.0. The Bertz CT molecular complexity index is 2340. The van der Waals surface area contributed by atoms with E-state index in [9.17, 15) is 57.5 Å². The highest BCUT2D eigenvalue weighted by atomic mass is 32.1. The van der Waals surface area contributed by atoms with Crippen molar-refractivity contribution in [1.82, 2.24) is 0 Å². The molecular formula is C36H12BF20NOS. The number of hydrogen-bond acceptors (Lipinski definition) is 2. The maximum atomic E-state index is 15.4. The van der Waals surface area contributed by atoms with Crippen molar-refractivity contribution in [1.29, 1.82) is 0 Å². The Labute approximate surface area is 324 Å². The molecule has 0 fully saturated rings. The molecule has 0 saturated carbocycles. The highest BCUT2D eigenvalue weighted by molar-refractivity contribution is 7.20. The molecule has 1 aromatic heterocycles.